The molecule has 1 N–H and O–H groups in total. The van der Waals surface area contributed by atoms with Gasteiger partial charge in [-0.2, -0.15) is 0 Å². The summed E-state index contributed by atoms with van der Waals surface area (Å²) in [5.74, 6) is 1.80. The number of benzene rings is 1. The van der Waals surface area contributed by atoms with Gasteiger partial charge in [0.05, 0.1) is 19.8 Å². The first-order chi connectivity index (χ1) is 10.2. The van der Waals surface area contributed by atoms with E-state index in [4.69, 9.17) is 9.47 Å². The Bertz CT molecular complexity index is 466. The summed E-state index contributed by atoms with van der Waals surface area (Å²) in [6.45, 7) is 10.1. The van der Waals surface area contributed by atoms with E-state index in [1.807, 2.05) is 6.08 Å². The van der Waals surface area contributed by atoms with E-state index < -0.39 is 0 Å². The molecule has 0 saturated carbocycles. The van der Waals surface area contributed by atoms with Crippen molar-refractivity contribution in [2.75, 3.05) is 40.4 Å². The summed E-state index contributed by atoms with van der Waals surface area (Å²) in [5, 5.41) is 3.40. The van der Waals surface area contributed by atoms with Gasteiger partial charge in [-0.15, -0.1) is 31.4 Å². The van der Waals surface area contributed by atoms with E-state index in [0.29, 0.717) is 0 Å². The molecule has 0 unspecified atom stereocenters. The fourth-order valence-corrected chi connectivity index (χ4v) is 3.00. The smallest absolute Gasteiger partial charge is 0.127 e. The number of nitrogens with one attached hydrogen (secondary N) is 1. The van der Waals surface area contributed by atoms with Crippen LogP contribution < -0.4 is 14.8 Å². The fraction of sp³-hybridized carbons (Fsp3) is 0.529. The van der Waals surface area contributed by atoms with Gasteiger partial charge in [0.1, 0.15) is 11.5 Å². The molecule has 1 aliphatic rings. The lowest BCUT2D eigenvalue weighted by atomic mass is 9.97. The van der Waals surface area contributed by atoms with Gasteiger partial charge >= 0.3 is 0 Å². The molecule has 0 aliphatic carbocycles. The Morgan fingerprint density at radius 3 is 2.13 bits per heavy atom. The molecule has 2 rings (SSSR count). The lowest BCUT2D eigenvalue weighted by molar-refractivity contribution is 0.168. The lowest BCUT2D eigenvalue weighted by Crippen LogP contribution is -2.45. The number of aryl methyl sites for hydroxylation is 1. The lowest BCUT2D eigenvalue weighted by Gasteiger charge is -2.36. The average molecular weight is 363 g/mol. The molecule has 1 fully saturated rings. The summed E-state index contributed by atoms with van der Waals surface area (Å²) in [6.07, 6.45) is 2.86. The van der Waals surface area contributed by atoms with Crippen LogP contribution >= 0.6 is 24.8 Å². The molecular formula is C17H28Cl2N2O2. The van der Waals surface area contributed by atoms with E-state index in [-0.39, 0.29) is 30.9 Å². The molecule has 23 heavy (non-hydrogen) atoms. The van der Waals surface area contributed by atoms with Crippen molar-refractivity contribution >= 4 is 24.8 Å². The summed E-state index contributed by atoms with van der Waals surface area (Å²) in [4.78, 5) is 2.48. The molecule has 6 heteroatoms. The summed E-state index contributed by atoms with van der Waals surface area (Å²) < 4.78 is 11.3. The molecule has 1 heterocycles. The predicted molar refractivity (Wildman–Crippen MR) is 101 cm³/mol. The fourth-order valence-electron chi connectivity index (χ4n) is 3.00. The first-order valence-corrected chi connectivity index (χ1v) is 7.49. The molecule has 1 saturated heterocycles. The van der Waals surface area contributed by atoms with Gasteiger partial charge in [0.25, 0.3) is 0 Å². The zero-order chi connectivity index (χ0) is 15.2. The maximum atomic E-state index is 5.63. The van der Waals surface area contributed by atoms with Crippen LogP contribution in [-0.4, -0.2) is 45.3 Å². The van der Waals surface area contributed by atoms with E-state index >= 15 is 0 Å². The summed E-state index contributed by atoms with van der Waals surface area (Å²) in [7, 11) is 3.45. The highest BCUT2D eigenvalue weighted by molar-refractivity contribution is 5.85. The standard InChI is InChI=1S/C17H26N2O2.2ClH/c1-5-6-14(19-9-7-18-8-10-19)17-15(20-3)11-13(2)12-16(17)21-4;;/h5,11-12,14,18H,1,6-10H2,2-4H3;2*1H/t14-;;/m1../s1. The maximum absolute atomic E-state index is 5.63. The Labute approximate surface area is 152 Å². The number of piperazine rings is 1. The Morgan fingerprint density at radius 2 is 1.70 bits per heavy atom. The zero-order valence-corrected chi connectivity index (χ0v) is 15.8. The van der Waals surface area contributed by atoms with Crippen LogP contribution in [-0.2, 0) is 0 Å². The van der Waals surface area contributed by atoms with Gasteiger partial charge in [-0.1, -0.05) is 6.08 Å². The monoisotopic (exact) mass is 362 g/mol. The average Bonchev–Trinajstić information content (AvgIpc) is 2.53. The molecule has 0 amide bonds. The number of hydrogen-bond donors (Lipinski definition) is 1. The minimum absolute atomic E-state index is 0. The van der Waals surface area contributed by atoms with Gasteiger partial charge in [-0.05, 0) is 31.0 Å². The molecule has 0 aromatic heterocycles. The number of halogens is 2. The molecule has 4 nitrogen and oxygen atoms in total. The molecule has 0 spiro atoms. The van der Waals surface area contributed by atoms with Gasteiger partial charge in [-0.3, -0.25) is 4.90 Å². The van der Waals surface area contributed by atoms with E-state index in [9.17, 15) is 0 Å². The van der Waals surface area contributed by atoms with Gasteiger partial charge in [0.15, 0.2) is 0 Å². The number of ether oxygens (including phenoxy) is 2. The topological polar surface area (TPSA) is 33.7 Å². The summed E-state index contributed by atoms with van der Waals surface area (Å²) in [5.41, 5.74) is 2.28. The van der Waals surface area contributed by atoms with Crippen molar-refractivity contribution < 1.29 is 9.47 Å². The summed E-state index contributed by atoms with van der Waals surface area (Å²) in [6, 6.07) is 4.40. The van der Waals surface area contributed by atoms with Crippen LogP contribution in [0.15, 0.2) is 24.8 Å². The van der Waals surface area contributed by atoms with Crippen LogP contribution in [0.1, 0.15) is 23.6 Å². The SMILES string of the molecule is C=CC[C@H](c1c(OC)cc(C)cc1OC)N1CCNCC1.Cl.Cl. The van der Waals surface area contributed by atoms with Gasteiger partial charge in [-0.25, -0.2) is 0 Å². The van der Waals surface area contributed by atoms with Crippen molar-refractivity contribution in [3.8, 4) is 11.5 Å². The van der Waals surface area contributed by atoms with Crippen LogP contribution in [0.3, 0.4) is 0 Å². The van der Waals surface area contributed by atoms with Crippen LogP contribution in [0.4, 0.5) is 0 Å². The van der Waals surface area contributed by atoms with Gasteiger partial charge in [0.2, 0.25) is 0 Å². The highest BCUT2D eigenvalue weighted by Gasteiger charge is 2.27. The first-order valence-electron chi connectivity index (χ1n) is 7.49. The second-order valence-corrected chi connectivity index (χ2v) is 5.41. The second kappa shape index (κ2) is 10.8. The van der Waals surface area contributed by atoms with Crippen LogP contribution in [0.25, 0.3) is 0 Å². The maximum Gasteiger partial charge on any atom is 0.127 e. The van der Waals surface area contributed by atoms with Crippen LogP contribution in [0.2, 0.25) is 0 Å². The molecule has 0 radical (unpaired) electrons. The van der Waals surface area contributed by atoms with Crippen LogP contribution in [0, 0.1) is 6.92 Å². The second-order valence-electron chi connectivity index (χ2n) is 5.41. The minimum Gasteiger partial charge on any atom is -0.496 e. The van der Waals surface area contributed by atoms with Crippen molar-refractivity contribution in [1.82, 2.24) is 10.2 Å². The Morgan fingerprint density at radius 1 is 1.17 bits per heavy atom. The number of hydrogen-bond acceptors (Lipinski definition) is 4. The number of nitrogens with zero attached hydrogens (tertiary/aromatic N) is 1. The van der Waals surface area contributed by atoms with Crippen LogP contribution in [0.5, 0.6) is 11.5 Å². The van der Waals surface area contributed by atoms with E-state index in [1.54, 1.807) is 14.2 Å². The Hall–Kier alpha value is -0.940. The number of rotatable bonds is 6. The minimum atomic E-state index is 0. The molecule has 132 valence electrons. The van der Waals surface area contributed by atoms with Crippen molar-refractivity contribution in [2.45, 2.75) is 19.4 Å². The highest BCUT2D eigenvalue weighted by Crippen LogP contribution is 2.40. The molecule has 1 aliphatic heterocycles. The van der Waals surface area contributed by atoms with Gasteiger partial charge < -0.3 is 14.8 Å². The highest BCUT2D eigenvalue weighted by atomic mass is 35.5. The molecular weight excluding hydrogens is 335 g/mol. The van der Waals surface area contributed by atoms with E-state index in [1.165, 1.54) is 0 Å². The quantitative estimate of drug-likeness (QED) is 0.786. The Balaban J connectivity index is 0.00000242. The van der Waals surface area contributed by atoms with Crippen molar-refractivity contribution in [3.63, 3.8) is 0 Å². The molecule has 1 aromatic carbocycles. The van der Waals surface area contributed by atoms with E-state index in [2.05, 4.69) is 35.9 Å². The van der Waals surface area contributed by atoms with E-state index in [0.717, 1.165) is 55.2 Å². The van der Waals surface area contributed by atoms with Crippen molar-refractivity contribution in [2.24, 2.45) is 0 Å². The Kier molecular flexibility index (Phi) is 10.3. The third-order valence-electron chi connectivity index (χ3n) is 4.00. The predicted octanol–water partition coefficient (Wildman–Crippen LogP) is 3.38. The normalized spacial score (nSPS) is 15.8. The zero-order valence-electron chi connectivity index (χ0n) is 14.1. The van der Waals surface area contributed by atoms with Gasteiger partial charge in [0, 0.05) is 32.2 Å². The molecule has 1 aromatic rings. The molecule has 0 bridgehead atoms. The third-order valence-corrected chi connectivity index (χ3v) is 4.00. The third kappa shape index (κ3) is 5.28. The number of methoxy groups -OCH3 is 2. The first kappa shape index (κ1) is 22.1. The van der Waals surface area contributed by atoms with Crippen molar-refractivity contribution in [1.29, 1.82) is 0 Å². The van der Waals surface area contributed by atoms with Crippen molar-refractivity contribution in [3.05, 3.63) is 35.9 Å². The largest absolute Gasteiger partial charge is 0.496 e. The summed E-state index contributed by atoms with van der Waals surface area (Å²) >= 11 is 0. The molecule has 1 atom stereocenters.